The van der Waals surface area contributed by atoms with Gasteiger partial charge in [-0.1, -0.05) is 17.7 Å². The van der Waals surface area contributed by atoms with Crippen LogP contribution in [0.4, 0.5) is 0 Å². The number of carboxylic acids is 1. The number of carbonyl (C=O) groups excluding carboxylic acids is 1. The van der Waals surface area contributed by atoms with Crippen LogP contribution in [0.1, 0.15) is 24.2 Å². The summed E-state index contributed by atoms with van der Waals surface area (Å²) in [6.07, 6.45) is 0. The third-order valence-corrected chi connectivity index (χ3v) is 2.86. The Morgan fingerprint density at radius 1 is 1.39 bits per heavy atom. The molecule has 1 N–H and O–H groups in total. The second-order valence-corrected chi connectivity index (χ2v) is 5.30. The second-order valence-electron chi connectivity index (χ2n) is 4.86. The molecule has 0 aliphatic heterocycles. The van der Waals surface area contributed by atoms with E-state index in [2.05, 4.69) is 0 Å². The van der Waals surface area contributed by atoms with Gasteiger partial charge in [-0.15, -0.1) is 0 Å². The molecule has 0 aliphatic rings. The lowest BCUT2D eigenvalue weighted by atomic mass is 9.93. The SMILES string of the molecule is CN(CC(C)(C)C(=O)O)C(=O)c1cccc(Cl)c1. The number of aliphatic carboxylic acids is 1. The molecule has 0 saturated carbocycles. The first-order chi connectivity index (χ1) is 8.24. The highest BCUT2D eigenvalue weighted by molar-refractivity contribution is 6.30. The van der Waals surface area contributed by atoms with Gasteiger partial charge in [-0.2, -0.15) is 0 Å². The summed E-state index contributed by atoms with van der Waals surface area (Å²) in [5.41, 5.74) is -0.533. The highest BCUT2D eigenvalue weighted by Crippen LogP contribution is 2.18. The molecule has 0 radical (unpaired) electrons. The van der Waals surface area contributed by atoms with Gasteiger partial charge in [-0.05, 0) is 32.0 Å². The highest BCUT2D eigenvalue weighted by atomic mass is 35.5. The summed E-state index contributed by atoms with van der Waals surface area (Å²) < 4.78 is 0. The number of rotatable bonds is 4. The van der Waals surface area contributed by atoms with Gasteiger partial charge in [-0.25, -0.2) is 0 Å². The molecular weight excluding hydrogens is 254 g/mol. The number of carboxylic acid groups (broad SMARTS) is 1. The van der Waals surface area contributed by atoms with E-state index in [1.165, 1.54) is 4.90 Å². The Hall–Kier alpha value is -1.55. The molecule has 5 heteroatoms. The molecule has 1 amide bonds. The Morgan fingerprint density at radius 3 is 2.50 bits per heavy atom. The van der Waals surface area contributed by atoms with E-state index < -0.39 is 11.4 Å². The number of nitrogens with zero attached hydrogens (tertiary/aromatic N) is 1. The number of amides is 1. The molecule has 0 bridgehead atoms. The fraction of sp³-hybridized carbons (Fsp3) is 0.385. The zero-order valence-electron chi connectivity index (χ0n) is 10.6. The summed E-state index contributed by atoms with van der Waals surface area (Å²) in [5, 5.41) is 9.51. The lowest BCUT2D eigenvalue weighted by Gasteiger charge is -2.26. The van der Waals surface area contributed by atoms with Crippen LogP contribution in [0.3, 0.4) is 0 Å². The fourth-order valence-electron chi connectivity index (χ4n) is 1.57. The molecule has 0 aliphatic carbocycles. The zero-order chi connectivity index (χ0) is 13.9. The van der Waals surface area contributed by atoms with Crippen LogP contribution in [-0.2, 0) is 4.79 Å². The van der Waals surface area contributed by atoms with Crippen LogP contribution in [0.2, 0.25) is 5.02 Å². The van der Waals surface area contributed by atoms with E-state index in [1.54, 1.807) is 45.2 Å². The molecule has 1 rings (SSSR count). The summed E-state index contributed by atoms with van der Waals surface area (Å²) in [6, 6.07) is 6.58. The van der Waals surface area contributed by atoms with Crippen LogP contribution in [0.25, 0.3) is 0 Å². The quantitative estimate of drug-likeness (QED) is 0.914. The molecule has 1 aromatic rings. The third kappa shape index (κ3) is 3.47. The molecule has 0 atom stereocenters. The lowest BCUT2D eigenvalue weighted by molar-refractivity contribution is -0.147. The first-order valence-corrected chi connectivity index (χ1v) is 5.86. The molecule has 1 aromatic carbocycles. The lowest BCUT2D eigenvalue weighted by Crippen LogP contribution is -2.40. The Kier molecular flexibility index (Phi) is 4.35. The Labute approximate surface area is 111 Å². The van der Waals surface area contributed by atoms with Crippen LogP contribution in [-0.4, -0.2) is 35.5 Å². The minimum absolute atomic E-state index is 0.133. The number of hydrogen-bond donors (Lipinski definition) is 1. The van der Waals surface area contributed by atoms with Crippen molar-refractivity contribution in [2.24, 2.45) is 5.41 Å². The van der Waals surface area contributed by atoms with Crippen LogP contribution in [0, 0.1) is 5.41 Å². The average Bonchev–Trinajstić information content (AvgIpc) is 2.27. The van der Waals surface area contributed by atoms with Gasteiger partial charge in [0.15, 0.2) is 0 Å². The van der Waals surface area contributed by atoms with Gasteiger partial charge >= 0.3 is 5.97 Å². The van der Waals surface area contributed by atoms with Crippen molar-refractivity contribution in [1.82, 2.24) is 4.90 Å². The normalized spacial score (nSPS) is 11.1. The van der Waals surface area contributed by atoms with Gasteiger partial charge in [0.25, 0.3) is 5.91 Å². The first-order valence-electron chi connectivity index (χ1n) is 5.48. The summed E-state index contributed by atoms with van der Waals surface area (Å²) >= 11 is 5.81. The van der Waals surface area contributed by atoms with Crippen LogP contribution in [0.5, 0.6) is 0 Å². The molecule has 98 valence electrons. The van der Waals surface area contributed by atoms with Crippen molar-refractivity contribution in [3.63, 3.8) is 0 Å². The van der Waals surface area contributed by atoms with E-state index in [0.29, 0.717) is 10.6 Å². The highest BCUT2D eigenvalue weighted by Gasteiger charge is 2.30. The number of hydrogen-bond acceptors (Lipinski definition) is 2. The first kappa shape index (κ1) is 14.5. The summed E-state index contributed by atoms with van der Waals surface area (Å²) in [7, 11) is 1.58. The molecule has 0 heterocycles. The third-order valence-electron chi connectivity index (χ3n) is 2.63. The van der Waals surface area contributed by atoms with Gasteiger partial charge in [0.1, 0.15) is 0 Å². The van der Waals surface area contributed by atoms with Crippen molar-refractivity contribution in [3.05, 3.63) is 34.9 Å². The number of carbonyl (C=O) groups is 2. The molecule has 0 unspecified atom stereocenters. The molecule has 4 nitrogen and oxygen atoms in total. The van der Waals surface area contributed by atoms with Crippen LogP contribution >= 0.6 is 11.6 Å². The van der Waals surface area contributed by atoms with Gasteiger partial charge in [0.05, 0.1) is 5.41 Å². The maximum absolute atomic E-state index is 12.1. The van der Waals surface area contributed by atoms with Gasteiger partial charge in [0, 0.05) is 24.2 Å². The standard InChI is InChI=1S/C13H16ClNO3/c1-13(2,12(17)18)8-15(3)11(16)9-5-4-6-10(14)7-9/h4-7H,8H2,1-3H3,(H,17,18). The van der Waals surface area contributed by atoms with Crippen molar-refractivity contribution in [2.45, 2.75) is 13.8 Å². The van der Waals surface area contributed by atoms with E-state index in [1.807, 2.05) is 0 Å². The fourth-order valence-corrected chi connectivity index (χ4v) is 1.76. The van der Waals surface area contributed by atoms with Gasteiger partial charge < -0.3 is 10.0 Å². The largest absolute Gasteiger partial charge is 0.481 e. The minimum Gasteiger partial charge on any atom is -0.481 e. The maximum atomic E-state index is 12.1. The minimum atomic E-state index is -0.983. The number of benzene rings is 1. The van der Waals surface area contributed by atoms with Crippen LogP contribution < -0.4 is 0 Å². The van der Waals surface area contributed by atoms with Crippen LogP contribution in [0.15, 0.2) is 24.3 Å². The Balaban J connectivity index is 2.82. The monoisotopic (exact) mass is 269 g/mol. The topological polar surface area (TPSA) is 57.6 Å². The summed E-state index contributed by atoms with van der Waals surface area (Å²) in [6.45, 7) is 3.29. The molecule has 0 aromatic heterocycles. The maximum Gasteiger partial charge on any atom is 0.310 e. The van der Waals surface area contributed by atoms with Crippen molar-refractivity contribution in [3.8, 4) is 0 Å². The second kappa shape index (κ2) is 5.40. The molecule has 0 saturated heterocycles. The number of halogens is 1. The van der Waals surface area contributed by atoms with E-state index in [0.717, 1.165) is 0 Å². The van der Waals surface area contributed by atoms with Crippen molar-refractivity contribution >= 4 is 23.5 Å². The zero-order valence-corrected chi connectivity index (χ0v) is 11.4. The Bertz CT molecular complexity index is 471. The Morgan fingerprint density at radius 2 is 2.00 bits per heavy atom. The van der Waals surface area contributed by atoms with Crippen molar-refractivity contribution in [2.75, 3.05) is 13.6 Å². The summed E-state index contributed by atoms with van der Waals surface area (Å²) in [4.78, 5) is 24.5. The summed E-state index contributed by atoms with van der Waals surface area (Å²) in [5.74, 6) is -1.18. The molecule has 0 fully saturated rings. The van der Waals surface area contributed by atoms with Crippen molar-refractivity contribution < 1.29 is 14.7 Å². The van der Waals surface area contributed by atoms with E-state index in [4.69, 9.17) is 16.7 Å². The molecule has 18 heavy (non-hydrogen) atoms. The van der Waals surface area contributed by atoms with E-state index in [-0.39, 0.29) is 12.5 Å². The van der Waals surface area contributed by atoms with E-state index in [9.17, 15) is 9.59 Å². The molecular formula is C13H16ClNO3. The predicted octanol–water partition coefficient (Wildman–Crippen LogP) is 2.52. The molecule has 0 spiro atoms. The van der Waals surface area contributed by atoms with Gasteiger partial charge in [-0.3, -0.25) is 9.59 Å². The van der Waals surface area contributed by atoms with Crippen molar-refractivity contribution in [1.29, 1.82) is 0 Å². The van der Waals surface area contributed by atoms with Gasteiger partial charge in [0.2, 0.25) is 0 Å². The predicted molar refractivity (Wildman–Crippen MR) is 69.8 cm³/mol. The smallest absolute Gasteiger partial charge is 0.310 e. The van der Waals surface area contributed by atoms with E-state index >= 15 is 0 Å². The average molecular weight is 270 g/mol.